The number of ether oxygens (including phenoxy) is 1. The maximum Gasteiger partial charge on any atom is 0.171 e. The Morgan fingerprint density at radius 1 is 1.00 bits per heavy atom. The van der Waals surface area contributed by atoms with Crippen molar-refractivity contribution in [3.8, 4) is 0 Å². The Kier molecular flexibility index (Phi) is 12.1. The molecule has 1 aliphatic rings. The quantitative estimate of drug-likeness (QED) is 0.169. The van der Waals surface area contributed by atoms with Gasteiger partial charge in [-0.05, 0) is 26.7 Å². The van der Waals surface area contributed by atoms with E-state index in [0.717, 1.165) is 12.0 Å². The van der Waals surface area contributed by atoms with Gasteiger partial charge < -0.3 is 4.74 Å². The molecule has 1 aromatic carbocycles. The highest BCUT2D eigenvalue weighted by Gasteiger charge is 2.37. The molecular formula is C28H45NO2. The van der Waals surface area contributed by atoms with Gasteiger partial charge in [-0.15, -0.1) is 0 Å². The van der Waals surface area contributed by atoms with E-state index in [-0.39, 0.29) is 23.5 Å². The summed E-state index contributed by atoms with van der Waals surface area (Å²) in [5.41, 5.74) is 0.405. The van der Waals surface area contributed by atoms with E-state index in [1.807, 2.05) is 44.2 Å². The van der Waals surface area contributed by atoms with Gasteiger partial charge in [-0.25, -0.2) is 0 Å². The lowest BCUT2D eigenvalue weighted by Crippen LogP contribution is -2.43. The van der Waals surface area contributed by atoms with Crippen LogP contribution in [0.2, 0.25) is 0 Å². The molecule has 1 heterocycles. The summed E-state index contributed by atoms with van der Waals surface area (Å²) in [4.78, 5) is 13.1. The molecule has 2 unspecified atom stereocenters. The minimum absolute atomic E-state index is 0.0243. The van der Waals surface area contributed by atoms with E-state index in [4.69, 9.17) is 4.74 Å². The minimum atomic E-state index is -0.371. The van der Waals surface area contributed by atoms with Gasteiger partial charge in [0, 0.05) is 11.6 Å². The number of unbranched alkanes of at least 4 members (excludes halogenated alkanes) is 11. The molecule has 0 aromatic heterocycles. The third-order valence-corrected chi connectivity index (χ3v) is 6.27. The smallest absolute Gasteiger partial charge is 0.171 e. The van der Waals surface area contributed by atoms with Gasteiger partial charge in [0.25, 0.3) is 0 Å². The second kappa shape index (κ2) is 14.6. The van der Waals surface area contributed by atoms with Crippen molar-refractivity contribution in [3.05, 3.63) is 48.0 Å². The standard InChI is InChI=1S/C28H45NO2/c1-4-5-6-7-8-9-10-11-12-13-14-15-19-22-25(26-23-31-28(2,3)29-26)27(30)24-20-17-16-18-21-24/h16-22,25-26,29H,4-15,23H2,1-3H3. The van der Waals surface area contributed by atoms with Gasteiger partial charge >= 0.3 is 0 Å². The van der Waals surface area contributed by atoms with Crippen LogP contribution in [-0.4, -0.2) is 24.2 Å². The Hall–Kier alpha value is -1.45. The monoisotopic (exact) mass is 427 g/mol. The molecule has 2 rings (SSSR count). The summed E-state index contributed by atoms with van der Waals surface area (Å²) in [6.07, 6.45) is 20.3. The van der Waals surface area contributed by atoms with Crippen LogP contribution in [0.1, 0.15) is 108 Å². The largest absolute Gasteiger partial charge is 0.360 e. The van der Waals surface area contributed by atoms with E-state index >= 15 is 0 Å². The predicted molar refractivity (Wildman–Crippen MR) is 131 cm³/mol. The van der Waals surface area contributed by atoms with Crippen molar-refractivity contribution in [3.63, 3.8) is 0 Å². The van der Waals surface area contributed by atoms with Gasteiger partial charge in [0.2, 0.25) is 0 Å². The number of carbonyl (C=O) groups is 1. The van der Waals surface area contributed by atoms with Gasteiger partial charge in [0.05, 0.1) is 12.5 Å². The number of hydrogen-bond acceptors (Lipinski definition) is 3. The fourth-order valence-electron chi connectivity index (χ4n) is 4.39. The first-order chi connectivity index (χ1) is 15.0. The number of nitrogens with one attached hydrogen (secondary N) is 1. The Bertz CT molecular complexity index is 638. The molecule has 1 aliphatic heterocycles. The van der Waals surface area contributed by atoms with Gasteiger partial charge in [0.15, 0.2) is 5.78 Å². The van der Waals surface area contributed by atoms with Crippen molar-refractivity contribution in [1.82, 2.24) is 5.32 Å². The van der Waals surface area contributed by atoms with Gasteiger partial charge in [-0.2, -0.15) is 0 Å². The first-order valence-corrected chi connectivity index (χ1v) is 12.7. The molecule has 0 aliphatic carbocycles. The Labute approximate surface area is 191 Å². The van der Waals surface area contributed by atoms with E-state index in [2.05, 4.69) is 24.4 Å². The fraction of sp³-hybridized carbons (Fsp3) is 0.679. The highest BCUT2D eigenvalue weighted by molar-refractivity contribution is 5.99. The van der Waals surface area contributed by atoms with E-state index in [0.29, 0.717) is 6.61 Å². The normalized spacial score (nSPS) is 19.1. The van der Waals surface area contributed by atoms with E-state index < -0.39 is 0 Å². The summed E-state index contributed by atoms with van der Waals surface area (Å²) in [7, 11) is 0. The van der Waals surface area contributed by atoms with Crippen molar-refractivity contribution in [2.45, 2.75) is 110 Å². The zero-order chi connectivity index (χ0) is 22.4. The molecule has 0 amide bonds. The van der Waals surface area contributed by atoms with Crippen LogP contribution in [0.25, 0.3) is 0 Å². The zero-order valence-electron chi connectivity index (χ0n) is 20.2. The highest BCUT2D eigenvalue weighted by atomic mass is 16.5. The number of benzene rings is 1. The van der Waals surface area contributed by atoms with Crippen LogP contribution in [0.4, 0.5) is 0 Å². The van der Waals surface area contributed by atoms with Crippen molar-refractivity contribution >= 4 is 5.78 Å². The summed E-state index contributed by atoms with van der Waals surface area (Å²) in [6, 6.07) is 9.66. The first kappa shape index (κ1) is 25.8. The third-order valence-electron chi connectivity index (χ3n) is 6.27. The number of rotatable bonds is 16. The molecule has 2 atom stereocenters. The van der Waals surface area contributed by atoms with Crippen molar-refractivity contribution in [2.75, 3.05) is 6.61 Å². The molecule has 0 bridgehead atoms. The third kappa shape index (κ3) is 10.1. The zero-order valence-corrected chi connectivity index (χ0v) is 20.2. The average Bonchev–Trinajstić information content (AvgIpc) is 3.13. The van der Waals surface area contributed by atoms with Crippen molar-refractivity contribution < 1.29 is 9.53 Å². The Morgan fingerprint density at radius 3 is 2.13 bits per heavy atom. The van der Waals surface area contributed by atoms with Crippen LogP contribution in [0.3, 0.4) is 0 Å². The second-order valence-electron chi connectivity index (χ2n) is 9.58. The lowest BCUT2D eigenvalue weighted by molar-refractivity contribution is 0.0230. The second-order valence-corrected chi connectivity index (χ2v) is 9.58. The molecule has 1 saturated heterocycles. The maximum absolute atomic E-state index is 13.1. The van der Waals surface area contributed by atoms with Gasteiger partial charge in [-0.3, -0.25) is 10.1 Å². The molecule has 174 valence electrons. The molecule has 3 nitrogen and oxygen atoms in total. The van der Waals surface area contributed by atoms with Crippen LogP contribution >= 0.6 is 0 Å². The van der Waals surface area contributed by atoms with Crippen LogP contribution in [0, 0.1) is 5.92 Å². The van der Waals surface area contributed by atoms with Gasteiger partial charge in [-0.1, -0.05) is 114 Å². The number of carbonyl (C=O) groups excluding carboxylic acids is 1. The Balaban J connectivity index is 1.69. The summed E-state index contributed by atoms with van der Waals surface area (Å²) >= 11 is 0. The first-order valence-electron chi connectivity index (χ1n) is 12.7. The predicted octanol–water partition coefficient (Wildman–Crippen LogP) is 7.47. The van der Waals surface area contributed by atoms with Gasteiger partial charge in [0.1, 0.15) is 5.72 Å². The average molecular weight is 428 g/mol. The maximum atomic E-state index is 13.1. The van der Waals surface area contributed by atoms with Crippen LogP contribution in [0.15, 0.2) is 42.5 Å². The topological polar surface area (TPSA) is 38.3 Å². The summed E-state index contributed by atoms with van der Waals surface area (Å²) in [5, 5.41) is 3.48. The van der Waals surface area contributed by atoms with Crippen molar-refractivity contribution in [2.24, 2.45) is 5.92 Å². The van der Waals surface area contributed by atoms with E-state index in [9.17, 15) is 4.79 Å². The summed E-state index contributed by atoms with van der Waals surface area (Å²) in [5.74, 6) is -0.00790. The number of Topliss-reactive ketones (excluding diaryl/α,β-unsaturated/α-hetero) is 1. The fourth-order valence-corrected chi connectivity index (χ4v) is 4.39. The molecule has 0 radical (unpaired) electrons. The lowest BCUT2D eigenvalue weighted by atomic mass is 9.90. The lowest BCUT2D eigenvalue weighted by Gasteiger charge is -2.22. The number of allylic oxidation sites excluding steroid dienone is 1. The summed E-state index contributed by atoms with van der Waals surface area (Å²) in [6.45, 7) is 6.88. The van der Waals surface area contributed by atoms with E-state index in [1.165, 1.54) is 70.6 Å². The summed E-state index contributed by atoms with van der Waals surface area (Å²) < 4.78 is 5.84. The number of hydrogen-bond donors (Lipinski definition) is 1. The van der Waals surface area contributed by atoms with Crippen LogP contribution in [-0.2, 0) is 4.74 Å². The number of ketones is 1. The van der Waals surface area contributed by atoms with E-state index in [1.54, 1.807) is 0 Å². The minimum Gasteiger partial charge on any atom is -0.360 e. The molecule has 1 N–H and O–H groups in total. The van der Waals surface area contributed by atoms with Crippen molar-refractivity contribution in [1.29, 1.82) is 0 Å². The molecule has 1 aromatic rings. The highest BCUT2D eigenvalue weighted by Crippen LogP contribution is 2.24. The SMILES string of the molecule is CCCCCCCCCCCCCC=CC(C(=O)c1ccccc1)C1COC(C)(C)N1. The molecule has 1 fully saturated rings. The molecule has 3 heteroatoms. The molecule has 0 spiro atoms. The molecular weight excluding hydrogens is 382 g/mol. The molecule has 31 heavy (non-hydrogen) atoms. The molecule has 0 saturated carbocycles. The Morgan fingerprint density at radius 2 is 1.58 bits per heavy atom. The van der Waals surface area contributed by atoms with Crippen LogP contribution < -0.4 is 5.32 Å². The van der Waals surface area contributed by atoms with Crippen LogP contribution in [0.5, 0.6) is 0 Å².